The Bertz CT molecular complexity index is 1230. The summed E-state index contributed by atoms with van der Waals surface area (Å²) in [6.45, 7) is 2.05. The van der Waals surface area contributed by atoms with E-state index < -0.39 is 0 Å². The summed E-state index contributed by atoms with van der Waals surface area (Å²) in [7, 11) is 0. The molecule has 4 nitrogen and oxygen atoms in total. The van der Waals surface area contributed by atoms with E-state index in [1.165, 1.54) is 0 Å². The van der Waals surface area contributed by atoms with Crippen LogP contribution in [0.4, 0.5) is 0 Å². The number of nitrogens with zero attached hydrogens (tertiary/aromatic N) is 4. The Labute approximate surface area is 131 Å². The molecule has 3 aromatic carbocycles. The van der Waals surface area contributed by atoms with Gasteiger partial charge in [0, 0.05) is 0 Å². The minimum atomic E-state index is 0.804. The molecule has 108 valence electrons. The summed E-state index contributed by atoms with van der Waals surface area (Å²) < 4.78 is 0. The van der Waals surface area contributed by atoms with Gasteiger partial charge in [-0.1, -0.05) is 24.3 Å². The van der Waals surface area contributed by atoms with Crippen LogP contribution in [0.15, 0.2) is 54.6 Å². The molecule has 0 N–H and O–H groups in total. The lowest BCUT2D eigenvalue weighted by Crippen LogP contribution is -1.94. The SMILES string of the molecule is Cc1cccc2nc3ccc4nc5ccccc5nc4c3nc12. The summed E-state index contributed by atoms with van der Waals surface area (Å²) in [6.07, 6.45) is 0. The Hall–Kier alpha value is -3.14. The van der Waals surface area contributed by atoms with Gasteiger partial charge in [0.2, 0.25) is 0 Å². The number of rotatable bonds is 0. The van der Waals surface area contributed by atoms with Crippen LogP contribution in [0.1, 0.15) is 5.56 Å². The van der Waals surface area contributed by atoms with E-state index in [2.05, 4.69) is 13.0 Å². The van der Waals surface area contributed by atoms with Crippen LogP contribution in [0.3, 0.4) is 0 Å². The van der Waals surface area contributed by atoms with Gasteiger partial charge in [-0.25, -0.2) is 19.9 Å². The summed E-state index contributed by atoms with van der Waals surface area (Å²) in [4.78, 5) is 19.1. The molecule has 5 aromatic rings. The van der Waals surface area contributed by atoms with Crippen molar-refractivity contribution in [1.29, 1.82) is 0 Å². The molecule has 5 rings (SSSR count). The highest BCUT2D eigenvalue weighted by molar-refractivity contribution is 6.04. The molecule has 0 aliphatic heterocycles. The van der Waals surface area contributed by atoms with Crippen LogP contribution >= 0.6 is 0 Å². The average molecular weight is 296 g/mol. The molecule has 0 bridgehead atoms. The van der Waals surface area contributed by atoms with Gasteiger partial charge in [0.1, 0.15) is 11.0 Å². The van der Waals surface area contributed by atoms with Crippen LogP contribution in [-0.2, 0) is 0 Å². The molecule has 0 fully saturated rings. The summed E-state index contributed by atoms with van der Waals surface area (Å²) in [6, 6.07) is 17.9. The van der Waals surface area contributed by atoms with Gasteiger partial charge in [-0.15, -0.1) is 0 Å². The fourth-order valence-corrected chi connectivity index (χ4v) is 2.98. The monoisotopic (exact) mass is 296 g/mol. The van der Waals surface area contributed by atoms with Crippen molar-refractivity contribution in [2.45, 2.75) is 6.92 Å². The van der Waals surface area contributed by atoms with Gasteiger partial charge < -0.3 is 0 Å². The van der Waals surface area contributed by atoms with Crippen molar-refractivity contribution in [2.24, 2.45) is 0 Å². The normalized spacial score (nSPS) is 11.7. The zero-order chi connectivity index (χ0) is 15.4. The maximum Gasteiger partial charge on any atom is 0.117 e. The van der Waals surface area contributed by atoms with E-state index in [4.69, 9.17) is 19.9 Å². The first-order valence-corrected chi connectivity index (χ1v) is 7.52. The van der Waals surface area contributed by atoms with E-state index >= 15 is 0 Å². The fourth-order valence-electron chi connectivity index (χ4n) is 2.98. The summed E-state index contributed by atoms with van der Waals surface area (Å²) in [5, 5.41) is 0. The van der Waals surface area contributed by atoms with Gasteiger partial charge in [-0.2, -0.15) is 0 Å². The minimum Gasteiger partial charge on any atom is -0.244 e. The first-order valence-electron chi connectivity index (χ1n) is 7.52. The van der Waals surface area contributed by atoms with Crippen LogP contribution in [0.2, 0.25) is 0 Å². The molecule has 0 amide bonds. The number of hydrogen-bond donors (Lipinski definition) is 0. The quantitative estimate of drug-likeness (QED) is 0.317. The lowest BCUT2D eigenvalue weighted by molar-refractivity contribution is 1.34. The topological polar surface area (TPSA) is 51.6 Å². The molecule has 0 radical (unpaired) electrons. The van der Waals surface area contributed by atoms with Gasteiger partial charge in [0.15, 0.2) is 0 Å². The Morgan fingerprint density at radius 1 is 0.478 bits per heavy atom. The highest BCUT2D eigenvalue weighted by atomic mass is 14.9. The third-order valence-electron chi connectivity index (χ3n) is 4.14. The first kappa shape index (κ1) is 12.4. The smallest absolute Gasteiger partial charge is 0.117 e. The van der Waals surface area contributed by atoms with Crippen molar-refractivity contribution in [3.05, 3.63) is 60.2 Å². The van der Waals surface area contributed by atoms with Crippen molar-refractivity contribution in [2.75, 3.05) is 0 Å². The molecule has 4 heteroatoms. The van der Waals surface area contributed by atoms with Crippen LogP contribution in [0.25, 0.3) is 44.1 Å². The summed E-state index contributed by atoms with van der Waals surface area (Å²) >= 11 is 0. The van der Waals surface area contributed by atoms with Gasteiger partial charge in [-0.05, 0) is 42.8 Å². The Morgan fingerprint density at radius 3 is 1.83 bits per heavy atom. The van der Waals surface area contributed by atoms with Crippen LogP contribution in [-0.4, -0.2) is 19.9 Å². The first-order chi connectivity index (χ1) is 11.3. The molecule has 0 aliphatic carbocycles. The summed E-state index contributed by atoms with van der Waals surface area (Å²) in [5.74, 6) is 0. The highest BCUT2D eigenvalue weighted by Gasteiger charge is 2.10. The van der Waals surface area contributed by atoms with Crippen LogP contribution < -0.4 is 0 Å². The van der Waals surface area contributed by atoms with E-state index in [1.54, 1.807) is 0 Å². The number of aryl methyl sites for hydroxylation is 1. The zero-order valence-electron chi connectivity index (χ0n) is 12.5. The molecule has 0 aliphatic rings. The molecule has 0 atom stereocenters. The number of hydrogen-bond acceptors (Lipinski definition) is 4. The molecule has 0 unspecified atom stereocenters. The molecule has 2 heterocycles. The maximum absolute atomic E-state index is 4.85. The van der Waals surface area contributed by atoms with Crippen molar-refractivity contribution in [1.82, 2.24) is 19.9 Å². The van der Waals surface area contributed by atoms with Crippen LogP contribution in [0.5, 0.6) is 0 Å². The van der Waals surface area contributed by atoms with Gasteiger partial charge >= 0.3 is 0 Å². The Morgan fingerprint density at radius 2 is 1.04 bits per heavy atom. The largest absolute Gasteiger partial charge is 0.244 e. The predicted octanol–water partition coefficient (Wildman–Crippen LogP) is 4.19. The Balaban J connectivity index is 2.01. The molecule has 0 saturated heterocycles. The number of fused-ring (bicyclic) bond motifs is 5. The molecular formula is C19H12N4. The third-order valence-corrected chi connectivity index (χ3v) is 4.14. The van der Waals surface area contributed by atoms with Crippen molar-refractivity contribution in [3.8, 4) is 0 Å². The fraction of sp³-hybridized carbons (Fsp3) is 0.0526. The lowest BCUT2D eigenvalue weighted by atomic mass is 10.1. The standard InChI is InChI=1S/C19H12N4/c1-11-5-4-8-14-17(11)23-19-16(21-14)10-9-15-18(19)22-13-7-3-2-6-12(13)20-15/h2-10H,1H3. The number of aromatic nitrogens is 4. The molecular weight excluding hydrogens is 284 g/mol. The highest BCUT2D eigenvalue weighted by Crippen LogP contribution is 2.25. The van der Waals surface area contributed by atoms with Gasteiger partial charge in [0.05, 0.1) is 33.1 Å². The third kappa shape index (κ3) is 1.78. The van der Waals surface area contributed by atoms with Gasteiger partial charge in [-0.3, -0.25) is 0 Å². The Kier molecular flexibility index (Phi) is 2.39. The van der Waals surface area contributed by atoms with Crippen molar-refractivity contribution >= 4 is 44.1 Å². The van der Waals surface area contributed by atoms with E-state index in [1.807, 2.05) is 48.5 Å². The molecule has 2 aromatic heterocycles. The minimum absolute atomic E-state index is 0.804. The van der Waals surface area contributed by atoms with Crippen molar-refractivity contribution < 1.29 is 0 Å². The van der Waals surface area contributed by atoms with Crippen LogP contribution in [0, 0.1) is 6.92 Å². The van der Waals surface area contributed by atoms with E-state index in [-0.39, 0.29) is 0 Å². The second-order valence-corrected chi connectivity index (χ2v) is 5.68. The molecule has 0 spiro atoms. The molecule has 0 saturated carbocycles. The maximum atomic E-state index is 4.85. The van der Waals surface area contributed by atoms with E-state index in [0.717, 1.165) is 49.7 Å². The van der Waals surface area contributed by atoms with Gasteiger partial charge in [0.25, 0.3) is 0 Å². The number of benzene rings is 3. The number of para-hydroxylation sites is 3. The van der Waals surface area contributed by atoms with Crippen molar-refractivity contribution in [3.63, 3.8) is 0 Å². The summed E-state index contributed by atoms with van der Waals surface area (Å²) in [5.41, 5.74) is 8.01. The zero-order valence-corrected chi connectivity index (χ0v) is 12.5. The average Bonchev–Trinajstić information content (AvgIpc) is 2.59. The predicted molar refractivity (Wildman–Crippen MR) is 92.4 cm³/mol. The molecule has 23 heavy (non-hydrogen) atoms. The lowest BCUT2D eigenvalue weighted by Gasteiger charge is -2.06. The van der Waals surface area contributed by atoms with E-state index in [9.17, 15) is 0 Å². The van der Waals surface area contributed by atoms with E-state index in [0.29, 0.717) is 0 Å². The second kappa shape index (κ2) is 4.43. The second-order valence-electron chi connectivity index (χ2n) is 5.68.